The molecule has 0 fully saturated rings. The molecule has 0 bridgehead atoms. The molecule has 2 N–H and O–H groups in total. The van der Waals surface area contributed by atoms with Crippen molar-refractivity contribution in [2.75, 3.05) is 12.4 Å². The van der Waals surface area contributed by atoms with Crippen molar-refractivity contribution in [1.82, 2.24) is 5.32 Å². The average Bonchev–Trinajstić information content (AvgIpc) is 2.69. The number of hydrogen-bond donors (Lipinski definition) is 2. The Kier molecular flexibility index (Phi) is 5.61. The number of rotatable bonds is 4. The molecule has 0 spiro atoms. The zero-order valence-corrected chi connectivity index (χ0v) is 15.0. The second-order valence-corrected chi connectivity index (χ2v) is 5.96. The fourth-order valence-corrected chi connectivity index (χ4v) is 2.74. The molecule has 130 valence electrons. The first-order valence-corrected chi connectivity index (χ1v) is 8.49. The highest BCUT2D eigenvalue weighted by molar-refractivity contribution is 7.80. The number of nitrogens with one attached hydrogen (secondary N) is 2. The molecule has 0 radical (unpaired) electrons. The molecule has 3 rings (SSSR count). The highest BCUT2D eigenvalue weighted by atomic mass is 32.1. The lowest BCUT2D eigenvalue weighted by molar-refractivity contribution is 0.0977. The van der Waals surface area contributed by atoms with E-state index in [4.69, 9.17) is 17.0 Å². The summed E-state index contributed by atoms with van der Waals surface area (Å²) in [6, 6.07) is 24.6. The normalized spacial score (nSPS) is 10.0. The minimum absolute atomic E-state index is 0.245. The summed E-state index contributed by atoms with van der Waals surface area (Å²) in [4.78, 5) is 12.3. The van der Waals surface area contributed by atoms with Crippen molar-refractivity contribution in [2.45, 2.75) is 0 Å². The molecule has 0 aromatic heterocycles. The molecule has 5 heteroatoms. The van der Waals surface area contributed by atoms with Gasteiger partial charge in [-0.3, -0.25) is 10.1 Å². The van der Waals surface area contributed by atoms with Gasteiger partial charge in [0.25, 0.3) is 5.91 Å². The summed E-state index contributed by atoms with van der Waals surface area (Å²) in [7, 11) is 1.58. The van der Waals surface area contributed by atoms with Gasteiger partial charge in [0.2, 0.25) is 0 Å². The quantitative estimate of drug-likeness (QED) is 0.672. The predicted octanol–water partition coefficient (Wildman–Crippen LogP) is 4.49. The largest absolute Gasteiger partial charge is 0.497 e. The highest BCUT2D eigenvalue weighted by Gasteiger charge is 2.10. The van der Waals surface area contributed by atoms with Gasteiger partial charge in [-0.05, 0) is 48.1 Å². The Hall–Kier alpha value is -3.18. The SMILES string of the molecule is COc1ccc(C(=O)NC(=S)Nc2ccccc2-c2ccccc2)cc1. The van der Waals surface area contributed by atoms with Crippen LogP contribution in [0.25, 0.3) is 11.1 Å². The molecular formula is C21H18N2O2S. The van der Waals surface area contributed by atoms with E-state index < -0.39 is 0 Å². The number of methoxy groups -OCH3 is 1. The molecule has 4 nitrogen and oxygen atoms in total. The van der Waals surface area contributed by atoms with E-state index in [2.05, 4.69) is 10.6 Å². The molecule has 0 aliphatic heterocycles. The van der Waals surface area contributed by atoms with Crippen molar-refractivity contribution in [3.8, 4) is 16.9 Å². The van der Waals surface area contributed by atoms with E-state index in [1.54, 1.807) is 31.4 Å². The fraction of sp³-hybridized carbons (Fsp3) is 0.0476. The molecule has 3 aromatic carbocycles. The summed E-state index contributed by atoms with van der Waals surface area (Å²) in [6.07, 6.45) is 0. The van der Waals surface area contributed by atoms with E-state index in [-0.39, 0.29) is 11.0 Å². The number of para-hydroxylation sites is 1. The number of amides is 1. The first-order valence-electron chi connectivity index (χ1n) is 8.08. The van der Waals surface area contributed by atoms with Gasteiger partial charge in [-0.2, -0.15) is 0 Å². The molecule has 0 aliphatic rings. The van der Waals surface area contributed by atoms with Crippen LogP contribution in [0.3, 0.4) is 0 Å². The van der Waals surface area contributed by atoms with Gasteiger partial charge >= 0.3 is 0 Å². The summed E-state index contributed by atoms with van der Waals surface area (Å²) in [6.45, 7) is 0. The van der Waals surface area contributed by atoms with Gasteiger partial charge in [-0.15, -0.1) is 0 Å². The molecule has 26 heavy (non-hydrogen) atoms. The van der Waals surface area contributed by atoms with Crippen LogP contribution in [0.1, 0.15) is 10.4 Å². The number of anilines is 1. The zero-order valence-electron chi connectivity index (χ0n) is 14.2. The van der Waals surface area contributed by atoms with Gasteiger partial charge in [0.05, 0.1) is 7.11 Å². The maximum absolute atomic E-state index is 12.3. The van der Waals surface area contributed by atoms with Gasteiger partial charge in [-0.1, -0.05) is 48.5 Å². The third-order valence-electron chi connectivity index (χ3n) is 3.84. The van der Waals surface area contributed by atoms with Gasteiger partial charge in [0.15, 0.2) is 5.11 Å². The Bertz CT molecular complexity index is 909. The number of carbonyl (C=O) groups excluding carboxylic acids is 1. The number of hydrogen-bond acceptors (Lipinski definition) is 3. The Labute approximate surface area is 157 Å². The maximum atomic E-state index is 12.3. The highest BCUT2D eigenvalue weighted by Crippen LogP contribution is 2.27. The summed E-state index contributed by atoms with van der Waals surface area (Å²) >= 11 is 5.30. The molecule has 0 atom stereocenters. The molecule has 0 unspecified atom stereocenters. The van der Waals surface area contributed by atoms with Gasteiger partial charge in [-0.25, -0.2) is 0 Å². The Morgan fingerprint density at radius 1 is 0.885 bits per heavy atom. The molecule has 1 amide bonds. The third-order valence-corrected chi connectivity index (χ3v) is 4.04. The average molecular weight is 362 g/mol. The van der Waals surface area contributed by atoms with E-state index in [1.165, 1.54) is 0 Å². The van der Waals surface area contributed by atoms with Crippen molar-refractivity contribution in [3.63, 3.8) is 0 Å². The predicted molar refractivity (Wildman–Crippen MR) is 109 cm³/mol. The topological polar surface area (TPSA) is 50.4 Å². The molecule has 0 saturated carbocycles. The minimum atomic E-state index is -0.276. The lowest BCUT2D eigenvalue weighted by Crippen LogP contribution is -2.34. The van der Waals surface area contributed by atoms with E-state index >= 15 is 0 Å². The standard InChI is InChI=1S/C21H18N2O2S/c1-25-17-13-11-16(12-14-17)20(24)23-21(26)22-19-10-6-5-9-18(19)15-7-3-2-4-8-15/h2-14H,1H3,(H2,22,23,24,26). The summed E-state index contributed by atoms with van der Waals surface area (Å²) in [5, 5.41) is 6.05. The van der Waals surface area contributed by atoms with Crippen LogP contribution < -0.4 is 15.4 Å². The van der Waals surface area contributed by atoms with Crippen LogP contribution in [0.5, 0.6) is 5.75 Å². The second kappa shape index (κ2) is 8.27. The molecule has 0 aliphatic carbocycles. The van der Waals surface area contributed by atoms with Crippen LogP contribution in [0, 0.1) is 0 Å². The monoisotopic (exact) mass is 362 g/mol. The van der Waals surface area contributed by atoms with E-state index in [9.17, 15) is 4.79 Å². The second-order valence-electron chi connectivity index (χ2n) is 5.55. The molecule has 3 aromatic rings. The lowest BCUT2D eigenvalue weighted by Gasteiger charge is -2.14. The van der Waals surface area contributed by atoms with Gasteiger partial charge < -0.3 is 10.1 Å². The summed E-state index contributed by atoms with van der Waals surface area (Å²) < 4.78 is 5.09. The minimum Gasteiger partial charge on any atom is -0.497 e. The maximum Gasteiger partial charge on any atom is 0.257 e. The van der Waals surface area contributed by atoms with Crippen LogP contribution in [-0.4, -0.2) is 18.1 Å². The van der Waals surface area contributed by atoms with Gasteiger partial charge in [0.1, 0.15) is 5.75 Å². The first-order chi connectivity index (χ1) is 12.7. The van der Waals surface area contributed by atoms with Crippen LogP contribution in [0.2, 0.25) is 0 Å². The Morgan fingerprint density at radius 3 is 2.23 bits per heavy atom. The lowest BCUT2D eigenvalue weighted by atomic mass is 10.0. The van der Waals surface area contributed by atoms with Crippen molar-refractivity contribution in [3.05, 3.63) is 84.4 Å². The zero-order chi connectivity index (χ0) is 18.4. The van der Waals surface area contributed by atoms with E-state index in [0.29, 0.717) is 11.3 Å². The number of carbonyl (C=O) groups is 1. The molecule has 0 heterocycles. The van der Waals surface area contributed by atoms with Gasteiger partial charge in [0, 0.05) is 16.8 Å². The van der Waals surface area contributed by atoms with Crippen LogP contribution in [-0.2, 0) is 0 Å². The van der Waals surface area contributed by atoms with Crippen molar-refractivity contribution < 1.29 is 9.53 Å². The Morgan fingerprint density at radius 2 is 1.54 bits per heavy atom. The fourth-order valence-electron chi connectivity index (χ4n) is 2.53. The number of thiocarbonyl (C=S) groups is 1. The van der Waals surface area contributed by atoms with Crippen molar-refractivity contribution in [2.24, 2.45) is 0 Å². The summed E-state index contributed by atoms with van der Waals surface area (Å²) in [5.41, 5.74) is 3.42. The molecule has 0 saturated heterocycles. The molecular weight excluding hydrogens is 344 g/mol. The summed E-state index contributed by atoms with van der Waals surface area (Å²) in [5.74, 6) is 0.418. The smallest absolute Gasteiger partial charge is 0.257 e. The number of benzene rings is 3. The van der Waals surface area contributed by atoms with Crippen LogP contribution in [0.15, 0.2) is 78.9 Å². The van der Waals surface area contributed by atoms with E-state index in [0.717, 1.165) is 16.8 Å². The third kappa shape index (κ3) is 4.26. The first kappa shape index (κ1) is 17.6. The van der Waals surface area contributed by atoms with Crippen molar-refractivity contribution >= 4 is 28.9 Å². The van der Waals surface area contributed by atoms with E-state index in [1.807, 2.05) is 54.6 Å². The Balaban J connectivity index is 1.71. The van der Waals surface area contributed by atoms with Crippen LogP contribution in [0.4, 0.5) is 5.69 Å². The van der Waals surface area contributed by atoms with Crippen LogP contribution >= 0.6 is 12.2 Å². The van der Waals surface area contributed by atoms with Crippen molar-refractivity contribution in [1.29, 1.82) is 0 Å². The number of ether oxygens (including phenoxy) is 1.